The minimum Gasteiger partial charge on any atom is -0.396 e. The largest absolute Gasteiger partial charge is 0.396 e. The predicted molar refractivity (Wildman–Crippen MR) is 53.9 cm³/mol. The molecule has 5 nitrogen and oxygen atoms in total. The number of nitrogens with one attached hydrogen (secondary N) is 1. The van der Waals surface area contributed by atoms with E-state index in [4.69, 9.17) is 16.7 Å². The Labute approximate surface area is 79.2 Å². The number of guanidine groups is 1. The lowest BCUT2D eigenvalue weighted by Crippen LogP contribution is -2.37. The van der Waals surface area contributed by atoms with E-state index < -0.39 is 0 Å². The summed E-state index contributed by atoms with van der Waals surface area (Å²) < 4.78 is 0. The van der Waals surface area contributed by atoms with E-state index in [-0.39, 0.29) is 18.0 Å². The summed E-state index contributed by atoms with van der Waals surface area (Å²) in [6, 6.07) is 0. The lowest BCUT2D eigenvalue weighted by molar-refractivity contribution is 0.245. The van der Waals surface area contributed by atoms with Gasteiger partial charge in [-0.25, -0.2) is 5.84 Å². The van der Waals surface area contributed by atoms with Crippen LogP contribution in [0, 0.1) is 5.41 Å². The smallest absolute Gasteiger partial charge is 0.203 e. The summed E-state index contributed by atoms with van der Waals surface area (Å²) in [4.78, 5) is 4.04. The monoisotopic (exact) mass is 188 g/mol. The zero-order chi connectivity index (χ0) is 10.3. The molecule has 0 spiro atoms. The van der Waals surface area contributed by atoms with Gasteiger partial charge in [-0.2, -0.15) is 0 Å². The maximum atomic E-state index is 8.66. The van der Waals surface area contributed by atoms with Gasteiger partial charge in [0.2, 0.25) is 5.96 Å². The van der Waals surface area contributed by atoms with Crippen LogP contribution < -0.4 is 17.0 Å². The molecular weight excluding hydrogens is 168 g/mol. The molecule has 0 aromatic heterocycles. The Morgan fingerprint density at radius 1 is 1.54 bits per heavy atom. The van der Waals surface area contributed by atoms with Crippen molar-refractivity contribution < 1.29 is 5.11 Å². The highest BCUT2D eigenvalue weighted by molar-refractivity contribution is 5.77. The lowest BCUT2D eigenvalue weighted by Gasteiger charge is -2.21. The Morgan fingerprint density at radius 3 is 2.62 bits per heavy atom. The van der Waals surface area contributed by atoms with Crippen molar-refractivity contribution in [1.29, 1.82) is 0 Å². The van der Waals surface area contributed by atoms with Gasteiger partial charge in [-0.3, -0.25) is 10.4 Å². The number of hydrogen-bond donors (Lipinski definition) is 4. The van der Waals surface area contributed by atoms with E-state index in [1.165, 1.54) is 0 Å². The predicted octanol–water partition coefficient (Wildman–Crippen LogP) is -0.437. The van der Waals surface area contributed by atoms with Crippen LogP contribution in [0.5, 0.6) is 0 Å². The third kappa shape index (κ3) is 6.36. The standard InChI is InChI=1S/C8H20N4O/c1-8(2,4-3-5-13)6-11-7(9)12-10/h13H,3-6,10H2,1-2H3,(H3,9,11,12). The maximum absolute atomic E-state index is 8.66. The molecule has 0 saturated carbocycles. The fourth-order valence-corrected chi connectivity index (χ4v) is 0.981. The van der Waals surface area contributed by atoms with Crippen molar-refractivity contribution in [2.75, 3.05) is 13.2 Å². The Morgan fingerprint density at radius 2 is 2.15 bits per heavy atom. The van der Waals surface area contributed by atoms with Crippen LogP contribution in [0.4, 0.5) is 0 Å². The number of rotatable bonds is 5. The van der Waals surface area contributed by atoms with Gasteiger partial charge < -0.3 is 10.8 Å². The van der Waals surface area contributed by atoms with E-state index in [1.807, 2.05) is 0 Å². The van der Waals surface area contributed by atoms with E-state index >= 15 is 0 Å². The molecule has 0 heterocycles. The summed E-state index contributed by atoms with van der Waals surface area (Å²) in [5.74, 6) is 5.30. The molecule has 0 aliphatic carbocycles. The molecule has 0 amide bonds. The van der Waals surface area contributed by atoms with Crippen molar-refractivity contribution in [3.05, 3.63) is 0 Å². The van der Waals surface area contributed by atoms with Crippen LogP contribution in [0.2, 0.25) is 0 Å². The molecule has 0 unspecified atom stereocenters. The van der Waals surface area contributed by atoms with Gasteiger partial charge in [0.25, 0.3) is 0 Å². The highest BCUT2D eigenvalue weighted by Gasteiger charge is 2.16. The molecule has 0 bridgehead atoms. The second-order valence-electron chi connectivity index (χ2n) is 3.84. The third-order valence-electron chi connectivity index (χ3n) is 1.84. The zero-order valence-corrected chi connectivity index (χ0v) is 8.38. The highest BCUT2D eigenvalue weighted by atomic mass is 16.2. The number of aliphatic hydroxyl groups excluding tert-OH is 1. The molecule has 78 valence electrons. The first-order valence-corrected chi connectivity index (χ1v) is 4.39. The van der Waals surface area contributed by atoms with Gasteiger partial charge in [0.1, 0.15) is 0 Å². The average molecular weight is 188 g/mol. The Kier molecular flexibility index (Phi) is 5.41. The molecule has 6 N–H and O–H groups in total. The van der Waals surface area contributed by atoms with Gasteiger partial charge in [0.15, 0.2) is 0 Å². The number of hydrazine groups is 1. The van der Waals surface area contributed by atoms with Gasteiger partial charge in [-0.05, 0) is 18.3 Å². The van der Waals surface area contributed by atoms with Crippen molar-refractivity contribution in [2.45, 2.75) is 26.7 Å². The topological polar surface area (TPSA) is 96.7 Å². The van der Waals surface area contributed by atoms with Crippen LogP contribution in [0.25, 0.3) is 0 Å². The van der Waals surface area contributed by atoms with E-state index in [0.717, 1.165) is 12.8 Å². The van der Waals surface area contributed by atoms with Crippen molar-refractivity contribution in [3.63, 3.8) is 0 Å². The first-order chi connectivity index (χ1) is 6.02. The van der Waals surface area contributed by atoms with E-state index in [1.54, 1.807) is 0 Å². The first-order valence-electron chi connectivity index (χ1n) is 4.39. The van der Waals surface area contributed by atoms with Crippen molar-refractivity contribution in [1.82, 2.24) is 5.43 Å². The van der Waals surface area contributed by atoms with Gasteiger partial charge in [0, 0.05) is 13.2 Å². The number of hydrogen-bond acceptors (Lipinski definition) is 3. The molecular formula is C8H20N4O. The Bertz CT molecular complexity index is 168. The van der Waals surface area contributed by atoms with Crippen LogP contribution in [-0.2, 0) is 0 Å². The van der Waals surface area contributed by atoms with Crippen molar-refractivity contribution >= 4 is 5.96 Å². The molecule has 0 aliphatic heterocycles. The fourth-order valence-electron chi connectivity index (χ4n) is 0.981. The van der Waals surface area contributed by atoms with Gasteiger partial charge >= 0.3 is 0 Å². The normalized spacial score (nSPS) is 13.1. The number of aliphatic imine (C=N–C) groups is 1. The summed E-state index contributed by atoms with van der Waals surface area (Å²) in [6.07, 6.45) is 1.71. The maximum Gasteiger partial charge on any atom is 0.203 e. The van der Waals surface area contributed by atoms with Crippen molar-refractivity contribution in [2.24, 2.45) is 22.0 Å². The van der Waals surface area contributed by atoms with Crippen LogP contribution in [-0.4, -0.2) is 24.2 Å². The van der Waals surface area contributed by atoms with Crippen LogP contribution in [0.1, 0.15) is 26.7 Å². The summed E-state index contributed by atoms with van der Waals surface area (Å²) in [6.45, 7) is 4.99. The number of nitrogens with two attached hydrogens (primary N) is 2. The van der Waals surface area contributed by atoms with Crippen LogP contribution >= 0.6 is 0 Å². The molecule has 0 atom stereocenters. The second-order valence-corrected chi connectivity index (χ2v) is 3.84. The van der Waals surface area contributed by atoms with Gasteiger partial charge in [0.05, 0.1) is 0 Å². The molecule has 0 saturated heterocycles. The summed E-state index contributed by atoms with van der Waals surface area (Å²) in [5, 5.41) is 8.66. The molecule has 0 aromatic rings. The minimum absolute atomic E-state index is 0.0597. The Hall–Kier alpha value is -0.810. The molecule has 0 aromatic carbocycles. The van der Waals surface area contributed by atoms with Gasteiger partial charge in [-0.1, -0.05) is 13.8 Å². The Balaban J connectivity index is 3.87. The highest BCUT2D eigenvalue weighted by Crippen LogP contribution is 2.21. The summed E-state index contributed by atoms with van der Waals surface area (Å²) >= 11 is 0. The minimum atomic E-state index is 0.0597. The fraction of sp³-hybridized carbons (Fsp3) is 0.875. The molecule has 0 aliphatic rings. The second kappa shape index (κ2) is 5.77. The molecule has 5 heteroatoms. The SMILES string of the molecule is CC(C)(CCCO)CN=C(N)NN. The van der Waals surface area contributed by atoms with Gasteiger partial charge in [-0.15, -0.1) is 0 Å². The van der Waals surface area contributed by atoms with Crippen molar-refractivity contribution in [3.8, 4) is 0 Å². The molecule has 0 rings (SSSR count). The lowest BCUT2D eigenvalue weighted by atomic mass is 9.88. The van der Waals surface area contributed by atoms with E-state index in [2.05, 4.69) is 24.3 Å². The molecule has 13 heavy (non-hydrogen) atoms. The number of nitrogens with zero attached hydrogens (tertiary/aromatic N) is 1. The molecule has 0 radical (unpaired) electrons. The summed E-state index contributed by atoms with van der Waals surface area (Å²) in [5.41, 5.74) is 7.71. The van der Waals surface area contributed by atoms with Crippen LogP contribution in [0.15, 0.2) is 4.99 Å². The average Bonchev–Trinajstić information content (AvgIpc) is 2.11. The van der Waals surface area contributed by atoms with E-state index in [0.29, 0.717) is 6.54 Å². The van der Waals surface area contributed by atoms with Crippen LogP contribution in [0.3, 0.4) is 0 Å². The first kappa shape index (κ1) is 12.2. The quantitative estimate of drug-likeness (QED) is 0.203. The summed E-state index contributed by atoms with van der Waals surface area (Å²) in [7, 11) is 0. The zero-order valence-electron chi connectivity index (χ0n) is 8.38. The third-order valence-corrected chi connectivity index (χ3v) is 1.84. The molecule has 0 fully saturated rings. The number of aliphatic hydroxyl groups is 1. The van der Waals surface area contributed by atoms with E-state index in [9.17, 15) is 0 Å².